The largest absolute Gasteiger partial charge is 0.493 e. The molecule has 122 valence electrons. The molecular formula is C17H16N4O3. The van der Waals surface area contributed by atoms with Gasteiger partial charge in [0, 0.05) is 0 Å². The first kappa shape index (κ1) is 14.5. The van der Waals surface area contributed by atoms with E-state index in [-0.39, 0.29) is 5.56 Å². The van der Waals surface area contributed by atoms with Crippen molar-refractivity contribution in [3.8, 4) is 11.5 Å². The summed E-state index contributed by atoms with van der Waals surface area (Å²) in [6, 6.07) is 5.47. The topological polar surface area (TPSA) is 81.5 Å². The number of aromatic nitrogens is 4. The Morgan fingerprint density at radius 2 is 2.08 bits per heavy atom. The van der Waals surface area contributed by atoms with Crippen molar-refractivity contribution >= 4 is 17.9 Å². The Morgan fingerprint density at radius 1 is 1.25 bits per heavy atom. The van der Waals surface area contributed by atoms with Crippen molar-refractivity contribution in [3.63, 3.8) is 0 Å². The molecular weight excluding hydrogens is 308 g/mol. The maximum Gasteiger partial charge on any atom is 0.276 e. The molecule has 24 heavy (non-hydrogen) atoms. The van der Waals surface area contributed by atoms with Crippen LogP contribution < -0.4 is 25.7 Å². The molecule has 0 fully saturated rings. The van der Waals surface area contributed by atoms with E-state index in [2.05, 4.69) is 15.1 Å². The van der Waals surface area contributed by atoms with E-state index in [1.165, 1.54) is 0 Å². The summed E-state index contributed by atoms with van der Waals surface area (Å²) < 4.78 is 12.1. The predicted molar refractivity (Wildman–Crippen MR) is 88.8 cm³/mol. The number of hydrogen-bond donors (Lipinski definition) is 1. The van der Waals surface area contributed by atoms with Crippen LogP contribution in [0.3, 0.4) is 0 Å². The quantitative estimate of drug-likeness (QED) is 0.733. The Bertz CT molecular complexity index is 1110. The fourth-order valence-electron chi connectivity index (χ4n) is 2.87. The first-order valence-electron chi connectivity index (χ1n) is 7.61. The average molecular weight is 324 g/mol. The van der Waals surface area contributed by atoms with Gasteiger partial charge in [-0.3, -0.25) is 9.78 Å². The Morgan fingerprint density at radius 3 is 2.88 bits per heavy atom. The summed E-state index contributed by atoms with van der Waals surface area (Å²) in [5.74, 6) is 1.69. The maximum atomic E-state index is 12.3. The van der Waals surface area contributed by atoms with Gasteiger partial charge in [-0.15, -0.1) is 0 Å². The minimum atomic E-state index is -0.228. The number of aromatic amines is 1. The number of imidazole rings is 1. The second kappa shape index (κ2) is 5.52. The number of ether oxygens (including phenoxy) is 2. The van der Waals surface area contributed by atoms with Crippen LogP contribution in [-0.4, -0.2) is 33.8 Å². The SMILES string of the molecule is COc1ccc(/C=c2/c(=O)[nH]c3nc4c(nn23)CCC=4)cc1OC. The van der Waals surface area contributed by atoms with Gasteiger partial charge in [0.2, 0.25) is 5.78 Å². The lowest BCUT2D eigenvalue weighted by atomic mass is 10.2. The number of nitrogens with zero attached hydrogens (tertiary/aromatic N) is 3. The van der Waals surface area contributed by atoms with E-state index in [0.717, 1.165) is 29.4 Å². The van der Waals surface area contributed by atoms with E-state index in [0.29, 0.717) is 22.6 Å². The highest BCUT2D eigenvalue weighted by atomic mass is 16.5. The van der Waals surface area contributed by atoms with Crippen molar-refractivity contribution < 1.29 is 9.47 Å². The number of nitrogens with one attached hydrogen (secondary N) is 1. The maximum absolute atomic E-state index is 12.3. The third kappa shape index (κ3) is 2.25. The molecule has 1 aliphatic carbocycles. The Balaban J connectivity index is 1.93. The lowest BCUT2D eigenvalue weighted by Gasteiger charge is -2.07. The number of benzene rings is 1. The Labute approximate surface area is 136 Å². The number of rotatable bonds is 3. The minimum Gasteiger partial charge on any atom is -0.493 e. The number of H-pyrrole nitrogens is 1. The minimum absolute atomic E-state index is 0.228. The normalized spacial score (nSPS) is 13.8. The third-order valence-electron chi connectivity index (χ3n) is 4.06. The predicted octanol–water partition coefficient (Wildman–Crippen LogP) is -0.00970. The van der Waals surface area contributed by atoms with Crippen LogP contribution in [0.4, 0.5) is 0 Å². The molecule has 4 rings (SSSR count). The second-order valence-electron chi connectivity index (χ2n) is 5.52. The van der Waals surface area contributed by atoms with Gasteiger partial charge in [0.15, 0.2) is 11.5 Å². The molecule has 0 saturated carbocycles. The van der Waals surface area contributed by atoms with Crippen molar-refractivity contribution in [1.29, 1.82) is 0 Å². The van der Waals surface area contributed by atoms with Crippen molar-refractivity contribution in [3.05, 3.63) is 50.5 Å². The molecule has 7 nitrogen and oxygen atoms in total. The van der Waals surface area contributed by atoms with Gasteiger partial charge in [0.1, 0.15) is 5.35 Å². The van der Waals surface area contributed by atoms with Crippen LogP contribution in [0.25, 0.3) is 17.9 Å². The second-order valence-corrected chi connectivity index (χ2v) is 5.52. The number of fused-ring (bicyclic) bond motifs is 2. The molecule has 7 heteroatoms. The number of aryl methyl sites for hydroxylation is 1. The van der Waals surface area contributed by atoms with Crippen molar-refractivity contribution in [2.24, 2.45) is 0 Å². The first-order valence-corrected chi connectivity index (χ1v) is 7.61. The van der Waals surface area contributed by atoms with Crippen LogP contribution in [0.5, 0.6) is 11.5 Å². The van der Waals surface area contributed by atoms with Crippen molar-refractivity contribution in [1.82, 2.24) is 19.6 Å². The summed E-state index contributed by atoms with van der Waals surface area (Å²) in [7, 11) is 3.16. The van der Waals surface area contributed by atoms with E-state index in [1.54, 1.807) is 30.9 Å². The highest BCUT2D eigenvalue weighted by Crippen LogP contribution is 2.27. The number of methoxy groups -OCH3 is 2. The zero-order valence-corrected chi connectivity index (χ0v) is 13.4. The van der Waals surface area contributed by atoms with Gasteiger partial charge in [0.05, 0.1) is 25.3 Å². The van der Waals surface area contributed by atoms with E-state index < -0.39 is 0 Å². The fourth-order valence-corrected chi connectivity index (χ4v) is 2.87. The summed E-state index contributed by atoms with van der Waals surface area (Å²) in [6.45, 7) is 0. The Kier molecular flexibility index (Phi) is 3.34. The summed E-state index contributed by atoms with van der Waals surface area (Å²) in [5.41, 5.74) is 1.49. The van der Waals surface area contributed by atoms with Gasteiger partial charge in [0.25, 0.3) is 5.56 Å². The van der Waals surface area contributed by atoms with Crippen LogP contribution in [0.1, 0.15) is 17.7 Å². The van der Waals surface area contributed by atoms with E-state index in [4.69, 9.17) is 9.47 Å². The number of hydrogen-bond acceptors (Lipinski definition) is 5. The molecule has 2 aromatic heterocycles. The molecule has 1 N–H and O–H groups in total. The molecule has 0 atom stereocenters. The summed E-state index contributed by atoms with van der Waals surface area (Å²) in [4.78, 5) is 19.5. The highest BCUT2D eigenvalue weighted by molar-refractivity contribution is 5.55. The lowest BCUT2D eigenvalue weighted by molar-refractivity contribution is 0.355. The first-order chi connectivity index (χ1) is 11.7. The molecule has 0 amide bonds. The third-order valence-corrected chi connectivity index (χ3v) is 4.06. The molecule has 2 heterocycles. The van der Waals surface area contributed by atoms with Crippen LogP contribution in [0.2, 0.25) is 0 Å². The van der Waals surface area contributed by atoms with Crippen LogP contribution in [0.15, 0.2) is 23.0 Å². The monoisotopic (exact) mass is 324 g/mol. The van der Waals surface area contributed by atoms with E-state index >= 15 is 0 Å². The van der Waals surface area contributed by atoms with Gasteiger partial charge in [-0.1, -0.05) is 12.1 Å². The highest BCUT2D eigenvalue weighted by Gasteiger charge is 2.11. The Hall–Kier alpha value is -3.09. The molecule has 0 saturated heterocycles. The molecule has 0 bridgehead atoms. The van der Waals surface area contributed by atoms with E-state index in [9.17, 15) is 4.79 Å². The molecule has 1 aromatic carbocycles. The summed E-state index contributed by atoms with van der Waals surface area (Å²) in [6.07, 6.45) is 5.57. The fraction of sp³-hybridized carbons (Fsp3) is 0.235. The van der Waals surface area contributed by atoms with Crippen LogP contribution >= 0.6 is 0 Å². The smallest absolute Gasteiger partial charge is 0.276 e. The van der Waals surface area contributed by atoms with Crippen LogP contribution in [-0.2, 0) is 6.42 Å². The van der Waals surface area contributed by atoms with Gasteiger partial charge >= 0.3 is 0 Å². The molecule has 1 aliphatic rings. The summed E-state index contributed by atoms with van der Waals surface area (Å²) >= 11 is 0. The molecule has 3 aromatic rings. The van der Waals surface area contributed by atoms with Crippen molar-refractivity contribution in [2.45, 2.75) is 12.8 Å². The molecule has 0 radical (unpaired) electrons. The van der Waals surface area contributed by atoms with E-state index in [1.807, 2.05) is 18.2 Å². The lowest BCUT2D eigenvalue weighted by Crippen LogP contribution is -2.28. The molecule has 0 spiro atoms. The summed E-state index contributed by atoms with van der Waals surface area (Å²) in [5, 5.41) is 5.84. The zero-order valence-electron chi connectivity index (χ0n) is 13.4. The van der Waals surface area contributed by atoms with Gasteiger partial charge in [-0.25, -0.2) is 4.98 Å². The van der Waals surface area contributed by atoms with Gasteiger partial charge in [-0.05, 0) is 36.6 Å². The molecule has 0 aliphatic heterocycles. The van der Waals surface area contributed by atoms with Crippen molar-refractivity contribution in [2.75, 3.05) is 14.2 Å². The van der Waals surface area contributed by atoms with Crippen LogP contribution in [0, 0.1) is 0 Å². The van der Waals surface area contributed by atoms with Gasteiger partial charge < -0.3 is 9.47 Å². The van der Waals surface area contributed by atoms with Gasteiger partial charge in [-0.2, -0.15) is 9.61 Å². The standard InChI is InChI=1S/C17H16N4O3/c1-23-14-7-6-10(9-15(14)24-2)8-13-16(22)19-17-18-11-4-3-5-12(11)20-21(13)17/h4,6-9H,3,5H2,1-2H3,(H,18,19,22)/b13-8-. The average Bonchev–Trinajstić information content (AvgIpc) is 3.17. The molecule has 0 unspecified atom stereocenters. The zero-order chi connectivity index (χ0) is 16.7.